The molecule has 0 aliphatic carbocycles. The summed E-state index contributed by atoms with van der Waals surface area (Å²) in [5.41, 5.74) is 3.80. The number of aromatic nitrogens is 3. The molecule has 2 fully saturated rings. The van der Waals surface area contributed by atoms with Gasteiger partial charge in [0.05, 0.1) is 12.5 Å². The van der Waals surface area contributed by atoms with Crippen LogP contribution in [0.1, 0.15) is 54.6 Å². The van der Waals surface area contributed by atoms with Crippen LogP contribution >= 0.6 is 0 Å². The molecule has 4 heterocycles. The summed E-state index contributed by atoms with van der Waals surface area (Å²) in [7, 11) is 0. The van der Waals surface area contributed by atoms with E-state index in [2.05, 4.69) is 30.3 Å². The predicted octanol–water partition coefficient (Wildman–Crippen LogP) is 4.11. The normalized spacial score (nSPS) is 16.5. The Labute approximate surface area is 204 Å². The quantitative estimate of drug-likeness (QED) is 0.234. The average Bonchev–Trinajstić information content (AvgIpc) is 3.46. The van der Waals surface area contributed by atoms with Gasteiger partial charge in [-0.05, 0) is 80.5 Å². The smallest absolute Gasteiger partial charge is 0.379 e. The molecule has 0 amide bonds. The van der Waals surface area contributed by atoms with Crippen LogP contribution in [-0.4, -0.2) is 53.3 Å². The molecular formula is C25H29N7O3. The summed E-state index contributed by atoms with van der Waals surface area (Å²) in [6.07, 6.45) is 10.2. The number of furan rings is 1. The minimum atomic E-state index is -0.540. The van der Waals surface area contributed by atoms with Gasteiger partial charge in [0.1, 0.15) is 5.75 Å². The number of nitrogens with one attached hydrogen (secondary N) is 1. The van der Waals surface area contributed by atoms with Crippen LogP contribution in [0.2, 0.25) is 0 Å². The Kier molecular flexibility index (Phi) is 7.16. The molecule has 10 heteroatoms. The van der Waals surface area contributed by atoms with Crippen LogP contribution in [-0.2, 0) is 0 Å². The Hall–Kier alpha value is -3.95. The van der Waals surface area contributed by atoms with E-state index in [1.54, 1.807) is 30.5 Å². The minimum absolute atomic E-state index is 0.157. The van der Waals surface area contributed by atoms with Gasteiger partial charge in [-0.25, -0.2) is 10.2 Å². The van der Waals surface area contributed by atoms with Gasteiger partial charge in [0, 0.05) is 26.2 Å². The summed E-state index contributed by atoms with van der Waals surface area (Å²) in [6, 6.07) is 10.2. The summed E-state index contributed by atoms with van der Waals surface area (Å²) in [5.74, 6) is 1.89. The molecule has 0 spiro atoms. The van der Waals surface area contributed by atoms with E-state index in [0.717, 1.165) is 57.4 Å². The number of carbonyl (C=O) groups excluding carboxylic acids is 1. The van der Waals surface area contributed by atoms with Crippen molar-refractivity contribution in [2.75, 3.05) is 41.4 Å². The number of benzene rings is 1. The van der Waals surface area contributed by atoms with Gasteiger partial charge in [-0.1, -0.05) is 0 Å². The fourth-order valence-corrected chi connectivity index (χ4v) is 4.21. The summed E-state index contributed by atoms with van der Waals surface area (Å²) >= 11 is 0. The van der Waals surface area contributed by atoms with E-state index >= 15 is 0 Å². The molecule has 0 unspecified atom stereocenters. The van der Waals surface area contributed by atoms with Gasteiger partial charge in [0.15, 0.2) is 0 Å². The Morgan fingerprint density at radius 2 is 1.51 bits per heavy atom. The lowest BCUT2D eigenvalue weighted by molar-refractivity contribution is 0.0701. The molecule has 5 rings (SSSR count). The highest BCUT2D eigenvalue weighted by Gasteiger charge is 2.20. The lowest BCUT2D eigenvalue weighted by Gasteiger charge is -2.30. The van der Waals surface area contributed by atoms with E-state index in [9.17, 15) is 4.79 Å². The topological polar surface area (TPSA) is 109 Å². The van der Waals surface area contributed by atoms with Gasteiger partial charge in [-0.2, -0.15) is 20.1 Å². The molecule has 1 N–H and O–H groups in total. The number of piperidine rings is 2. The number of anilines is 3. The van der Waals surface area contributed by atoms with Crippen LogP contribution in [0.25, 0.3) is 0 Å². The van der Waals surface area contributed by atoms with Crippen LogP contribution in [0.4, 0.5) is 17.8 Å². The summed E-state index contributed by atoms with van der Waals surface area (Å²) in [5, 5.41) is 4.33. The highest BCUT2D eigenvalue weighted by Crippen LogP contribution is 2.22. The molecule has 35 heavy (non-hydrogen) atoms. The number of hydrogen-bond acceptors (Lipinski definition) is 10. The second-order valence-corrected chi connectivity index (χ2v) is 8.66. The number of nitrogens with zero attached hydrogens (tertiary/aromatic N) is 6. The third-order valence-electron chi connectivity index (χ3n) is 6.08. The second-order valence-electron chi connectivity index (χ2n) is 8.66. The van der Waals surface area contributed by atoms with Crippen molar-refractivity contribution >= 4 is 30.0 Å². The second kappa shape index (κ2) is 11.0. The van der Waals surface area contributed by atoms with Gasteiger partial charge in [-0.3, -0.25) is 0 Å². The van der Waals surface area contributed by atoms with Crippen molar-refractivity contribution in [1.82, 2.24) is 15.0 Å². The van der Waals surface area contributed by atoms with E-state index < -0.39 is 5.97 Å². The first-order valence-corrected chi connectivity index (χ1v) is 12.2. The van der Waals surface area contributed by atoms with Crippen molar-refractivity contribution in [3.05, 3.63) is 54.0 Å². The summed E-state index contributed by atoms with van der Waals surface area (Å²) in [4.78, 5) is 30.5. The molecule has 0 saturated carbocycles. The molecule has 1 aromatic carbocycles. The Bertz CT molecular complexity index is 1100. The standard InChI is InChI=1S/C25H29N7O3/c33-22(21-8-7-17-34-21)35-20-11-9-19(10-12-20)18-26-30-23-27-24(31-13-3-1-4-14-31)29-25(28-23)32-15-5-2-6-16-32/h7-12,17-18H,1-6,13-16H2,(H,27,28,29,30). The highest BCUT2D eigenvalue weighted by molar-refractivity contribution is 5.88. The zero-order chi connectivity index (χ0) is 23.9. The van der Waals surface area contributed by atoms with Crippen LogP contribution in [0.15, 0.2) is 52.2 Å². The average molecular weight is 476 g/mol. The van der Waals surface area contributed by atoms with Crippen molar-refractivity contribution < 1.29 is 13.9 Å². The number of carbonyl (C=O) groups is 1. The Morgan fingerprint density at radius 3 is 2.09 bits per heavy atom. The van der Waals surface area contributed by atoms with E-state index in [-0.39, 0.29) is 5.76 Å². The van der Waals surface area contributed by atoms with E-state index in [0.29, 0.717) is 23.6 Å². The predicted molar refractivity (Wildman–Crippen MR) is 133 cm³/mol. The van der Waals surface area contributed by atoms with Crippen molar-refractivity contribution in [1.29, 1.82) is 0 Å². The maximum Gasteiger partial charge on any atom is 0.379 e. The van der Waals surface area contributed by atoms with Crippen molar-refractivity contribution in [2.45, 2.75) is 38.5 Å². The maximum atomic E-state index is 12.0. The number of ether oxygens (including phenoxy) is 1. The van der Waals surface area contributed by atoms with Gasteiger partial charge in [0.25, 0.3) is 0 Å². The first-order valence-electron chi connectivity index (χ1n) is 12.2. The van der Waals surface area contributed by atoms with Crippen molar-refractivity contribution in [3.63, 3.8) is 0 Å². The van der Waals surface area contributed by atoms with Crippen LogP contribution in [0.5, 0.6) is 5.75 Å². The first-order chi connectivity index (χ1) is 17.2. The first kappa shape index (κ1) is 22.8. The molecule has 10 nitrogen and oxygen atoms in total. The van der Waals surface area contributed by atoms with Gasteiger partial charge >= 0.3 is 5.97 Å². The van der Waals surface area contributed by atoms with Crippen molar-refractivity contribution in [2.24, 2.45) is 5.10 Å². The van der Waals surface area contributed by atoms with Gasteiger partial charge in [-0.15, -0.1) is 0 Å². The largest absolute Gasteiger partial charge is 0.457 e. The molecule has 0 radical (unpaired) electrons. The zero-order valence-corrected chi connectivity index (χ0v) is 19.6. The Morgan fingerprint density at radius 1 is 0.886 bits per heavy atom. The molecule has 3 aromatic rings. The van der Waals surface area contributed by atoms with Crippen LogP contribution in [0, 0.1) is 0 Å². The fourth-order valence-electron chi connectivity index (χ4n) is 4.21. The SMILES string of the molecule is O=C(Oc1ccc(C=NNc2nc(N3CCCCC3)nc(N3CCCCC3)n2)cc1)c1ccco1. The van der Waals surface area contributed by atoms with E-state index in [4.69, 9.17) is 14.1 Å². The summed E-state index contributed by atoms with van der Waals surface area (Å²) in [6.45, 7) is 3.85. The molecule has 182 valence electrons. The van der Waals surface area contributed by atoms with Gasteiger partial charge < -0.3 is 19.0 Å². The van der Waals surface area contributed by atoms with E-state index in [1.165, 1.54) is 19.1 Å². The number of rotatable bonds is 7. The number of hydrogen-bond donors (Lipinski definition) is 1. The Balaban J connectivity index is 1.26. The lowest BCUT2D eigenvalue weighted by atomic mass is 10.1. The third-order valence-corrected chi connectivity index (χ3v) is 6.08. The fraction of sp³-hybridized carbons (Fsp3) is 0.400. The number of hydrazone groups is 1. The monoisotopic (exact) mass is 475 g/mol. The molecule has 0 bridgehead atoms. The number of esters is 1. The zero-order valence-electron chi connectivity index (χ0n) is 19.6. The molecule has 0 atom stereocenters. The minimum Gasteiger partial charge on any atom is -0.457 e. The molecule has 2 saturated heterocycles. The summed E-state index contributed by atoms with van der Waals surface area (Å²) < 4.78 is 10.4. The highest BCUT2D eigenvalue weighted by atomic mass is 16.5. The van der Waals surface area contributed by atoms with Crippen LogP contribution in [0.3, 0.4) is 0 Å². The molecular weight excluding hydrogens is 446 g/mol. The van der Waals surface area contributed by atoms with Crippen LogP contribution < -0.4 is 20.0 Å². The molecule has 2 aliphatic heterocycles. The lowest BCUT2D eigenvalue weighted by Crippen LogP contribution is -2.34. The maximum absolute atomic E-state index is 12.0. The third kappa shape index (κ3) is 5.95. The van der Waals surface area contributed by atoms with Crippen molar-refractivity contribution in [3.8, 4) is 5.75 Å². The van der Waals surface area contributed by atoms with Gasteiger partial charge in [0.2, 0.25) is 23.6 Å². The molecule has 2 aliphatic rings. The molecule has 2 aromatic heterocycles. The van der Waals surface area contributed by atoms with E-state index in [1.807, 2.05) is 12.1 Å².